The van der Waals surface area contributed by atoms with E-state index in [4.69, 9.17) is 14.3 Å². The molecule has 0 aromatic heterocycles. The minimum absolute atomic E-state index is 0.165. The van der Waals surface area contributed by atoms with E-state index in [1.165, 1.54) is 5.57 Å². The summed E-state index contributed by atoms with van der Waals surface area (Å²) in [5.41, 5.74) is 6.15. The van der Waals surface area contributed by atoms with E-state index in [2.05, 4.69) is 45.6 Å². The van der Waals surface area contributed by atoms with E-state index in [0.29, 0.717) is 18.6 Å². The van der Waals surface area contributed by atoms with Gasteiger partial charge in [-0.3, -0.25) is 9.63 Å². The number of fused-ring (bicyclic) bond motifs is 5. The van der Waals surface area contributed by atoms with Crippen LogP contribution >= 0.6 is 0 Å². The maximum absolute atomic E-state index is 12.0. The van der Waals surface area contributed by atoms with Crippen molar-refractivity contribution in [3.8, 4) is 22.6 Å². The van der Waals surface area contributed by atoms with Crippen LogP contribution < -0.4 is 14.5 Å². The number of anilines is 1. The average Bonchev–Trinajstić information content (AvgIpc) is 2.73. The Morgan fingerprint density at radius 1 is 1.25 bits per heavy atom. The van der Waals surface area contributed by atoms with Crippen LogP contribution in [-0.2, 0) is 9.63 Å². The molecule has 32 heavy (non-hydrogen) atoms. The molecule has 0 radical (unpaired) electrons. The molecule has 0 fully saturated rings. The number of ether oxygens (including phenoxy) is 2. The van der Waals surface area contributed by atoms with Gasteiger partial charge in [-0.2, -0.15) is 0 Å². The first-order valence-electron chi connectivity index (χ1n) is 11.1. The topological polar surface area (TPSA) is 48.0 Å². The smallest absolute Gasteiger partial charge is 0.311 e. The largest absolute Gasteiger partial charge is 0.485 e. The molecule has 0 aliphatic carbocycles. The molecule has 0 N–H and O–H groups in total. The zero-order valence-electron chi connectivity index (χ0n) is 19.5. The Kier molecular flexibility index (Phi) is 5.87. The lowest BCUT2D eigenvalue weighted by molar-refractivity contribution is -0.134. The Hall–Kier alpha value is -3.05. The summed E-state index contributed by atoms with van der Waals surface area (Å²) in [6, 6.07) is 9.80. The summed E-state index contributed by atoms with van der Waals surface area (Å²) in [6.07, 6.45) is 5.78. The quantitative estimate of drug-likeness (QED) is 0.291. The van der Waals surface area contributed by atoms with Crippen molar-refractivity contribution in [3.05, 3.63) is 60.2 Å². The van der Waals surface area contributed by atoms with E-state index in [0.717, 1.165) is 40.1 Å². The van der Waals surface area contributed by atoms with Crippen molar-refractivity contribution in [1.82, 2.24) is 0 Å². The van der Waals surface area contributed by atoms with E-state index >= 15 is 0 Å². The monoisotopic (exact) mass is 433 g/mol. The zero-order valence-corrected chi connectivity index (χ0v) is 19.5. The van der Waals surface area contributed by atoms with Crippen LogP contribution in [0, 0.1) is 0 Å². The highest BCUT2D eigenvalue weighted by Crippen LogP contribution is 2.52. The summed E-state index contributed by atoms with van der Waals surface area (Å²) < 4.78 is 12.0. The molecule has 2 aliphatic rings. The van der Waals surface area contributed by atoms with E-state index in [9.17, 15) is 4.79 Å². The van der Waals surface area contributed by atoms with Gasteiger partial charge in [0.15, 0.2) is 0 Å². The van der Waals surface area contributed by atoms with Crippen molar-refractivity contribution < 1.29 is 19.1 Å². The Balaban J connectivity index is 1.90. The highest BCUT2D eigenvalue weighted by atomic mass is 16.7. The first-order chi connectivity index (χ1) is 15.3. The van der Waals surface area contributed by atoms with Gasteiger partial charge in [-0.05, 0) is 62.6 Å². The number of hydrogen-bond donors (Lipinski definition) is 0. The zero-order chi connectivity index (χ0) is 23.0. The second kappa shape index (κ2) is 8.47. The number of hydroxylamine groups is 1. The molecule has 168 valence electrons. The van der Waals surface area contributed by atoms with Gasteiger partial charge in [-0.1, -0.05) is 25.1 Å². The third-order valence-corrected chi connectivity index (χ3v) is 6.01. The second-order valence-electron chi connectivity index (χ2n) is 8.89. The van der Waals surface area contributed by atoms with Crippen molar-refractivity contribution in [2.45, 2.75) is 58.6 Å². The number of rotatable bonds is 6. The van der Waals surface area contributed by atoms with Crippen molar-refractivity contribution >= 4 is 17.2 Å². The molecule has 0 amide bonds. The number of carbonyl (C=O) groups excluding carboxylic acids is 1. The summed E-state index contributed by atoms with van der Waals surface area (Å²) in [5, 5.41) is 1.94. The van der Waals surface area contributed by atoms with Crippen LogP contribution in [0.2, 0.25) is 0 Å². The maximum Gasteiger partial charge on any atom is 0.311 e. The predicted octanol–water partition coefficient (Wildman–Crippen LogP) is 6.63. The summed E-state index contributed by atoms with van der Waals surface area (Å²) in [6.45, 7) is 12.3. The molecule has 0 spiro atoms. The first kappa shape index (κ1) is 22.2. The van der Waals surface area contributed by atoms with E-state index in [1.54, 1.807) is 13.2 Å². The van der Waals surface area contributed by atoms with Crippen LogP contribution in [0.4, 0.5) is 5.69 Å². The van der Waals surface area contributed by atoms with Crippen LogP contribution in [0.3, 0.4) is 0 Å². The van der Waals surface area contributed by atoms with Crippen LogP contribution in [-0.4, -0.2) is 18.6 Å². The average molecular weight is 434 g/mol. The van der Waals surface area contributed by atoms with Gasteiger partial charge in [-0.15, -0.1) is 6.58 Å². The minimum atomic E-state index is -0.276. The molecule has 2 aromatic rings. The standard InChI is InChI=1S/C27H31NO4/c1-7-9-23-26-19(12-13-21-25(26)17(3)16-27(4,5)28(21)30-6)20-15-18(11-14-22(20)32-23)31-24(29)10-8-2/h7,11-16,23H,1,8-10H2,2-6H3. The number of nitrogens with zero attached hydrogens (tertiary/aromatic N) is 1. The summed E-state index contributed by atoms with van der Waals surface area (Å²) in [7, 11) is 1.70. The Bertz CT molecular complexity index is 1100. The van der Waals surface area contributed by atoms with Crippen molar-refractivity contribution in [1.29, 1.82) is 0 Å². The van der Waals surface area contributed by atoms with Crippen LogP contribution in [0.1, 0.15) is 64.2 Å². The lowest BCUT2D eigenvalue weighted by Crippen LogP contribution is -2.44. The van der Waals surface area contributed by atoms with Crippen molar-refractivity contribution in [2.75, 3.05) is 12.2 Å². The number of carbonyl (C=O) groups is 1. The lowest BCUT2D eigenvalue weighted by atomic mass is 9.81. The number of allylic oxidation sites excluding steroid dienone is 1. The fourth-order valence-electron chi connectivity index (χ4n) is 4.87. The third kappa shape index (κ3) is 3.71. The molecule has 0 bridgehead atoms. The fourth-order valence-corrected chi connectivity index (χ4v) is 4.87. The minimum Gasteiger partial charge on any atom is -0.485 e. The highest BCUT2D eigenvalue weighted by Gasteiger charge is 2.37. The van der Waals surface area contributed by atoms with Crippen LogP contribution in [0.15, 0.2) is 49.1 Å². The summed E-state index contributed by atoms with van der Waals surface area (Å²) in [5.74, 6) is 1.08. The van der Waals surface area contributed by atoms with Gasteiger partial charge in [0.2, 0.25) is 0 Å². The molecule has 4 rings (SSSR count). The molecule has 2 aliphatic heterocycles. The number of hydrogen-bond acceptors (Lipinski definition) is 5. The first-order valence-corrected chi connectivity index (χ1v) is 11.1. The Labute approximate surface area is 190 Å². The Morgan fingerprint density at radius 2 is 2.03 bits per heavy atom. The van der Waals surface area contributed by atoms with Gasteiger partial charge < -0.3 is 9.47 Å². The molecule has 0 saturated heterocycles. The second-order valence-corrected chi connectivity index (χ2v) is 8.89. The SMILES string of the molecule is C=CCC1Oc2ccc(OC(=O)CCC)cc2-c2ccc3c(c21)C(C)=CC(C)(C)N3OC. The number of esters is 1. The van der Waals surface area contributed by atoms with Crippen LogP contribution in [0.25, 0.3) is 16.7 Å². The van der Waals surface area contributed by atoms with Gasteiger partial charge in [0.1, 0.15) is 17.6 Å². The molecular formula is C27H31NO4. The van der Waals surface area contributed by atoms with Crippen molar-refractivity contribution in [3.63, 3.8) is 0 Å². The highest BCUT2D eigenvalue weighted by molar-refractivity contribution is 5.90. The van der Waals surface area contributed by atoms with Gasteiger partial charge in [-0.25, -0.2) is 5.06 Å². The van der Waals surface area contributed by atoms with E-state index in [1.807, 2.05) is 30.2 Å². The molecule has 1 unspecified atom stereocenters. The molecule has 1 atom stereocenters. The van der Waals surface area contributed by atoms with Gasteiger partial charge in [0.25, 0.3) is 0 Å². The van der Waals surface area contributed by atoms with Gasteiger partial charge >= 0.3 is 5.97 Å². The molecule has 5 heteroatoms. The van der Waals surface area contributed by atoms with E-state index in [-0.39, 0.29) is 17.6 Å². The molecule has 2 aromatic carbocycles. The van der Waals surface area contributed by atoms with Crippen molar-refractivity contribution in [2.24, 2.45) is 0 Å². The maximum atomic E-state index is 12.0. The third-order valence-electron chi connectivity index (χ3n) is 6.01. The normalized spacial score (nSPS) is 18.0. The predicted molar refractivity (Wildman–Crippen MR) is 128 cm³/mol. The lowest BCUT2D eigenvalue weighted by Gasteiger charge is -2.43. The molecule has 2 heterocycles. The summed E-state index contributed by atoms with van der Waals surface area (Å²) in [4.78, 5) is 17.8. The van der Waals surface area contributed by atoms with Crippen LogP contribution in [0.5, 0.6) is 11.5 Å². The Morgan fingerprint density at radius 3 is 2.72 bits per heavy atom. The van der Waals surface area contributed by atoms with E-state index < -0.39 is 0 Å². The molecule has 0 saturated carbocycles. The molecule has 5 nitrogen and oxygen atoms in total. The molecular weight excluding hydrogens is 402 g/mol. The van der Waals surface area contributed by atoms with Gasteiger partial charge in [0, 0.05) is 29.5 Å². The van der Waals surface area contributed by atoms with Gasteiger partial charge in [0.05, 0.1) is 18.3 Å². The fraction of sp³-hybridized carbons (Fsp3) is 0.370. The number of benzene rings is 2. The summed E-state index contributed by atoms with van der Waals surface area (Å²) >= 11 is 0.